The number of carbonyl (C=O) groups excluding carboxylic acids is 1. The Bertz CT molecular complexity index is 854. The normalized spacial score (nSPS) is 15.7. The van der Waals surface area contributed by atoms with Gasteiger partial charge in [0.1, 0.15) is 0 Å². The Morgan fingerprint density at radius 1 is 1.00 bits per heavy atom. The van der Waals surface area contributed by atoms with Gasteiger partial charge in [0, 0.05) is 11.3 Å². The monoisotopic (exact) mass is 358 g/mol. The number of amides is 1. The molecule has 1 amide bonds. The van der Waals surface area contributed by atoms with Crippen LogP contribution in [0.3, 0.4) is 0 Å². The van der Waals surface area contributed by atoms with Crippen LogP contribution >= 0.6 is 0 Å². The lowest BCUT2D eigenvalue weighted by Crippen LogP contribution is -2.15. The Morgan fingerprint density at radius 3 is 2.32 bits per heavy atom. The minimum atomic E-state index is -3.80. The van der Waals surface area contributed by atoms with Gasteiger partial charge in [0.25, 0.3) is 5.91 Å². The molecule has 1 aliphatic carbocycles. The lowest BCUT2D eigenvalue weighted by molar-refractivity contribution is 0.102. The second kappa shape index (κ2) is 7.37. The Balaban J connectivity index is 1.71. The second-order valence-corrected chi connectivity index (χ2v) is 8.05. The molecule has 1 aliphatic rings. The molecule has 0 spiro atoms. The Hall–Kier alpha value is -2.18. The quantitative estimate of drug-likeness (QED) is 0.874. The SMILES string of the molecule is NS(=O)(=O)c1cccc(NC(=O)c2ccc(C3CCCCC3)cc2)c1. The van der Waals surface area contributed by atoms with Crippen molar-refractivity contribution in [1.82, 2.24) is 0 Å². The fourth-order valence-electron chi connectivity index (χ4n) is 3.30. The summed E-state index contributed by atoms with van der Waals surface area (Å²) in [5, 5.41) is 7.83. The summed E-state index contributed by atoms with van der Waals surface area (Å²) in [7, 11) is -3.80. The van der Waals surface area contributed by atoms with Gasteiger partial charge >= 0.3 is 0 Å². The van der Waals surface area contributed by atoms with E-state index < -0.39 is 10.0 Å². The van der Waals surface area contributed by atoms with Crippen LogP contribution in [-0.4, -0.2) is 14.3 Å². The highest BCUT2D eigenvalue weighted by atomic mass is 32.2. The second-order valence-electron chi connectivity index (χ2n) is 6.48. The van der Waals surface area contributed by atoms with Gasteiger partial charge in [-0.15, -0.1) is 0 Å². The van der Waals surface area contributed by atoms with E-state index in [2.05, 4.69) is 5.32 Å². The first kappa shape index (κ1) is 17.6. The molecule has 1 saturated carbocycles. The van der Waals surface area contributed by atoms with Crippen molar-refractivity contribution in [2.24, 2.45) is 5.14 Å². The number of benzene rings is 2. The largest absolute Gasteiger partial charge is 0.322 e. The summed E-state index contributed by atoms with van der Waals surface area (Å²) < 4.78 is 22.8. The molecule has 2 aromatic carbocycles. The van der Waals surface area contributed by atoms with E-state index in [1.165, 1.54) is 49.8 Å². The van der Waals surface area contributed by atoms with Crippen molar-refractivity contribution < 1.29 is 13.2 Å². The molecular weight excluding hydrogens is 336 g/mol. The summed E-state index contributed by atoms with van der Waals surface area (Å²) in [5.74, 6) is 0.319. The van der Waals surface area contributed by atoms with E-state index in [9.17, 15) is 13.2 Å². The summed E-state index contributed by atoms with van der Waals surface area (Å²) in [6.07, 6.45) is 6.28. The summed E-state index contributed by atoms with van der Waals surface area (Å²) in [6, 6.07) is 13.6. The summed E-state index contributed by atoms with van der Waals surface area (Å²) >= 11 is 0. The zero-order valence-electron chi connectivity index (χ0n) is 13.9. The molecular formula is C19H22N2O3S. The number of sulfonamides is 1. The van der Waals surface area contributed by atoms with Crippen molar-refractivity contribution in [3.63, 3.8) is 0 Å². The van der Waals surface area contributed by atoms with Crippen LogP contribution in [0.1, 0.15) is 53.9 Å². The van der Waals surface area contributed by atoms with Gasteiger partial charge in [-0.3, -0.25) is 4.79 Å². The average Bonchev–Trinajstić information content (AvgIpc) is 2.62. The van der Waals surface area contributed by atoms with E-state index in [4.69, 9.17) is 5.14 Å². The molecule has 2 aromatic rings. The van der Waals surface area contributed by atoms with Crippen molar-refractivity contribution in [1.29, 1.82) is 0 Å². The maximum atomic E-state index is 12.4. The van der Waals surface area contributed by atoms with Crippen molar-refractivity contribution in [2.45, 2.75) is 42.9 Å². The molecule has 0 unspecified atom stereocenters. The molecule has 3 rings (SSSR count). The summed E-state index contributed by atoms with van der Waals surface area (Å²) in [5.41, 5.74) is 2.22. The van der Waals surface area contributed by atoms with Gasteiger partial charge < -0.3 is 5.32 Å². The molecule has 6 heteroatoms. The van der Waals surface area contributed by atoms with Crippen molar-refractivity contribution in [2.75, 3.05) is 5.32 Å². The van der Waals surface area contributed by atoms with Crippen LogP contribution in [0.5, 0.6) is 0 Å². The molecule has 0 heterocycles. The summed E-state index contributed by atoms with van der Waals surface area (Å²) in [6.45, 7) is 0. The van der Waals surface area contributed by atoms with Gasteiger partial charge in [-0.05, 0) is 54.7 Å². The van der Waals surface area contributed by atoms with Crippen LogP contribution in [0, 0.1) is 0 Å². The lowest BCUT2D eigenvalue weighted by Gasteiger charge is -2.22. The van der Waals surface area contributed by atoms with E-state index in [0.717, 1.165) is 0 Å². The molecule has 0 saturated heterocycles. The summed E-state index contributed by atoms with van der Waals surface area (Å²) in [4.78, 5) is 12.3. The molecule has 3 N–H and O–H groups in total. The Labute approximate surface area is 148 Å². The third-order valence-corrected chi connectivity index (χ3v) is 5.58. The van der Waals surface area contributed by atoms with Gasteiger partial charge in [0.15, 0.2) is 0 Å². The molecule has 0 aliphatic heterocycles. The molecule has 0 radical (unpaired) electrons. The topological polar surface area (TPSA) is 89.3 Å². The predicted molar refractivity (Wildman–Crippen MR) is 98.0 cm³/mol. The van der Waals surface area contributed by atoms with Crippen LogP contribution in [0.15, 0.2) is 53.4 Å². The standard InChI is InChI=1S/C19H22N2O3S/c20-25(23,24)18-8-4-7-17(13-18)21-19(22)16-11-9-15(10-12-16)14-5-2-1-3-6-14/h4,7-14H,1-3,5-6H2,(H,21,22)(H2,20,23,24). The number of hydrogen-bond donors (Lipinski definition) is 2. The smallest absolute Gasteiger partial charge is 0.255 e. The number of primary sulfonamides is 1. The fourth-order valence-corrected chi connectivity index (χ4v) is 3.86. The van der Waals surface area contributed by atoms with E-state index in [-0.39, 0.29) is 10.8 Å². The number of nitrogens with two attached hydrogens (primary N) is 1. The highest BCUT2D eigenvalue weighted by Gasteiger charge is 2.16. The molecule has 1 fully saturated rings. The van der Waals surface area contributed by atoms with E-state index in [1.54, 1.807) is 12.1 Å². The van der Waals surface area contributed by atoms with Gasteiger partial charge in [0.05, 0.1) is 4.90 Å². The highest BCUT2D eigenvalue weighted by molar-refractivity contribution is 7.89. The van der Waals surface area contributed by atoms with Gasteiger partial charge in [0.2, 0.25) is 10.0 Å². The van der Waals surface area contributed by atoms with Gasteiger partial charge in [-0.1, -0.05) is 37.5 Å². The number of anilines is 1. The van der Waals surface area contributed by atoms with Crippen LogP contribution in [0.2, 0.25) is 0 Å². The zero-order valence-corrected chi connectivity index (χ0v) is 14.8. The van der Waals surface area contributed by atoms with Crippen LogP contribution in [0.4, 0.5) is 5.69 Å². The van der Waals surface area contributed by atoms with E-state index >= 15 is 0 Å². The lowest BCUT2D eigenvalue weighted by atomic mass is 9.84. The molecule has 0 bridgehead atoms. The molecule has 0 aromatic heterocycles. The minimum absolute atomic E-state index is 0.0297. The fraction of sp³-hybridized carbons (Fsp3) is 0.316. The first-order chi connectivity index (χ1) is 11.9. The third kappa shape index (κ3) is 4.46. The van der Waals surface area contributed by atoms with Crippen LogP contribution in [-0.2, 0) is 10.0 Å². The maximum absolute atomic E-state index is 12.4. The zero-order chi connectivity index (χ0) is 17.9. The minimum Gasteiger partial charge on any atom is -0.322 e. The first-order valence-corrected chi connectivity index (χ1v) is 10.0. The van der Waals surface area contributed by atoms with Crippen molar-refractivity contribution in [3.8, 4) is 0 Å². The predicted octanol–water partition coefficient (Wildman–Crippen LogP) is 3.63. The Kier molecular flexibility index (Phi) is 5.20. The molecule has 5 nitrogen and oxygen atoms in total. The number of carbonyl (C=O) groups is 1. The van der Waals surface area contributed by atoms with Crippen LogP contribution in [0.25, 0.3) is 0 Å². The van der Waals surface area contributed by atoms with E-state index in [1.807, 2.05) is 24.3 Å². The van der Waals surface area contributed by atoms with Gasteiger partial charge in [-0.2, -0.15) is 0 Å². The number of nitrogens with one attached hydrogen (secondary N) is 1. The van der Waals surface area contributed by atoms with Crippen molar-refractivity contribution in [3.05, 3.63) is 59.7 Å². The van der Waals surface area contributed by atoms with E-state index in [0.29, 0.717) is 17.2 Å². The maximum Gasteiger partial charge on any atom is 0.255 e. The average molecular weight is 358 g/mol. The van der Waals surface area contributed by atoms with Crippen LogP contribution < -0.4 is 10.5 Å². The molecule has 132 valence electrons. The number of hydrogen-bond acceptors (Lipinski definition) is 3. The van der Waals surface area contributed by atoms with Gasteiger partial charge in [-0.25, -0.2) is 13.6 Å². The third-order valence-electron chi connectivity index (χ3n) is 4.67. The highest BCUT2D eigenvalue weighted by Crippen LogP contribution is 2.32. The molecule has 0 atom stereocenters. The van der Waals surface area contributed by atoms with Crippen molar-refractivity contribution >= 4 is 21.6 Å². The number of rotatable bonds is 4. The molecule has 25 heavy (non-hydrogen) atoms. The first-order valence-electron chi connectivity index (χ1n) is 8.48. The Morgan fingerprint density at radius 2 is 1.68 bits per heavy atom.